The highest BCUT2D eigenvalue weighted by molar-refractivity contribution is 5.64. The number of nitro groups is 1. The van der Waals surface area contributed by atoms with Gasteiger partial charge in [-0.2, -0.15) is 0 Å². The average Bonchev–Trinajstić information content (AvgIpc) is 2.24. The third-order valence-corrected chi connectivity index (χ3v) is 1.59. The number of aromatic nitrogens is 1. The van der Waals surface area contributed by atoms with Crippen LogP contribution < -0.4 is 5.73 Å². The first-order valence-electron chi connectivity index (χ1n) is 4.28. The largest absolute Gasteiger partial charge is 0.445 e. The molecule has 0 bridgehead atoms. The van der Waals surface area contributed by atoms with Crippen molar-refractivity contribution in [2.45, 2.75) is 0 Å². The van der Waals surface area contributed by atoms with Crippen molar-refractivity contribution in [1.82, 2.24) is 4.98 Å². The number of carbonyl (C=O) groups excluding carboxylic acids is 1. The van der Waals surface area contributed by atoms with E-state index in [0.29, 0.717) is 5.56 Å². The van der Waals surface area contributed by atoms with Crippen molar-refractivity contribution in [1.29, 1.82) is 0 Å². The molecule has 0 aliphatic rings. The van der Waals surface area contributed by atoms with Crippen molar-refractivity contribution >= 4 is 17.9 Å². The van der Waals surface area contributed by atoms with Crippen LogP contribution in [0.15, 0.2) is 24.5 Å². The zero-order valence-corrected chi connectivity index (χ0v) is 8.20. The van der Waals surface area contributed by atoms with E-state index in [9.17, 15) is 14.9 Å². The highest BCUT2D eigenvalue weighted by Crippen LogP contribution is 2.11. The molecule has 84 valence electrons. The Kier molecular flexibility index (Phi) is 3.96. The van der Waals surface area contributed by atoms with E-state index in [1.807, 2.05) is 0 Å². The molecule has 1 heterocycles. The number of primary amides is 1. The quantitative estimate of drug-likeness (QED) is 0.607. The molecule has 0 atom stereocenters. The standard InChI is InChI=1S/C9H9N3O4/c10-9(13)16-3-1-2-7-4-8(12(14)15)6-11-5-7/h1-2,4-6H,3H2,(H2,10,13). The van der Waals surface area contributed by atoms with Gasteiger partial charge in [-0.3, -0.25) is 15.1 Å². The van der Waals surface area contributed by atoms with Gasteiger partial charge in [0.2, 0.25) is 0 Å². The topological polar surface area (TPSA) is 108 Å². The minimum atomic E-state index is -0.873. The highest BCUT2D eigenvalue weighted by atomic mass is 16.6. The lowest BCUT2D eigenvalue weighted by atomic mass is 10.2. The second kappa shape index (κ2) is 5.44. The predicted molar refractivity (Wildman–Crippen MR) is 55.5 cm³/mol. The maximum atomic E-state index is 10.4. The number of nitrogens with zero attached hydrogens (tertiary/aromatic N) is 2. The van der Waals surface area contributed by atoms with Gasteiger partial charge in [0.1, 0.15) is 12.8 Å². The Morgan fingerprint density at radius 3 is 3.00 bits per heavy atom. The average molecular weight is 223 g/mol. The Bertz CT molecular complexity index is 431. The van der Waals surface area contributed by atoms with Crippen molar-refractivity contribution in [3.8, 4) is 0 Å². The van der Waals surface area contributed by atoms with Crippen molar-refractivity contribution < 1.29 is 14.5 Å². The minimum absolute atomic E-state index is 0.0119. The van der Waals surface area contributed by atoms with Crippen molar-refractivity contribution in [3.05, 3.63) is 40.2 Å². The molecule has 0 saturated heterocycles. The van der Waals surface area contributed by atoms with Gasteiger partial charge in [0.15, 0.2) is 0 Å². The van der Waals surface area contributed by atoms with Crippen LogP contribution in [-0.2, 0) is 4.74 Å². The monoisotopic (exact) mass is 223 g/mol. The molecule has 2 N–H and O–H groups in total. The molecule has 1 amide bonds. The SMILES string of the molecule is NC(=O)OCC=Cc1cncc([N+](=O)[O-])c1. The zero-order valence-electron chi connectivity index (χ0n) is 8.20. The molecular formula is C9H9N3O4. The van der Waals surface area contributed by atoms with Crippen LogP contribution in [0.1, 0.15) is 5.56 Å². The van der Waals surface area contributed by atoms with Gasteiger partial charge in [-0.25, -0.2) is 4.79 Å². The summed E-state index contributed by atoms with van der Waals surface area (Å²) in [6.07, 6.45) is 4.78. The van der Waals surface area contributed by atoms with Gasteiger partial charge >= 0.3 is 6.09 Å². The predicted octanol–water partition coefficient (Wildman–Crippen LogP) is 1.10. The summed E-state index contributed by atoms with van der Waals surface area (Å²) in [5.74, 6) is 0. The fraction of sp³-hybridized carbons (Fsp3) is 0.111. The van der Waals surface area contributed by atoms with Crippen LogP contribution in [0.25, 0.3) is 6.08 Å². The molecule has 0 aromatic carbocycles. The first-order chi connectivity index (χ1) is 7.59. The number of carbonyl (C=O) groups is 1. The van der Waals surface area contributed by atoms with Gasteiger partial charge in [0, 0.05) is 12.3 Å². The van der Waals surface area contributed by atoms with E-state index in [-0.39, 0.29) is 12.3 Å². The van der Waals surface area contributed by atoms with E-state index in [2.05, 4.69) is 9.72 Å². The van der Waals surface area contributed by atoms with Crippen LogP contribution in [0.3, 0.4) is 0 Å². The van der Waals surface area contributed by atoms with Gasteiger partial charge in [0.25, 0.3) is 5.69 Å². The van der Waals surface area contributed by atoms with Crippen molar-refractivity contribution in [2.75, 3.05) is 6.61 Å². The highest BCUT2D eigenvalue weighted by Gasteiger charge is 2.04. The maximum Gasteiger partial charge on any atom is 0.404 e. The Labute approximate surface area is 90.7 Å². The Morgan fingerprint density at radius 2 is 2.38 bits per heavy atom. The molecule has 1 aromatic rings. The van der Waals surface area contributed by atoms with Crippen LogP contribution in [0.5, 0.6) is 0 Å². The molecule has 0 aliphatic carbocycles. The smallest absolute Gasteiger partial charge is 0.404 e. The summed E-state index contributed by atoms with van der Waals surface area (Å²) < 4.78 is 4.44. The fourth-order valence-corrected chi connectivity index (χ4v) is 0.950. The lowest BCUT2D eigenvalue weighted by Crippen LogP contribution is -2.12. The van der Waals surface area contributed by atoms with E-state index in [0.717, 1.165) is 6.20 Å². The van der Waals surface area contributed by atoms with Crippen LogP contribution >= 0.6 is 0 Å². The molecule has 7 nitrogen and oxygen atoms in total. The summed E-state index contributed by atoms with van der Waals surface area (Å²) in [5, 5.41) is 10.4. The van der Waals surface area contributed by atoms with Crippen LogP contribution in [-0.4, -0.2) is 22.6 Å². The lowest BCUT2D eigenvalue weighted by molar-refractivity contribution is -0.385. The Morgan fingerprint density at radius 1 is 1.62 bits per heavy atom. The molecule has 1 rings (SSSR count). The first-order valence-corrected chi connectivity index (χ1v) is 4.28. The number of rotatable bonds is 4. The van der Waals surface area contributed by atoms with Gasteiger partial charge < -0.3 is 10.5 Å². The van der Waals surface area contributed by atoms with Crippen LogP contribution in [0, 0.1) is 10.1 Å². The molecule has 7 heteroatoms. The normalized spacial score (nSPS) is 10.2. The number of amides is 1. The molecule has 0 unspecified atom stereocenters. The molecule has 0 radical (unpaired) electrons. The Hall–Kier alpha value is -2.44. The summed E-state index contributed by atoms with van der Waals surface area (Å²) >= 11 is 0. The van der Waals surface area contributed by atoms with Crippen molar-refractivity contribution in [2.24, 2.45) is 5.73 Å². The van der Waals surface area contributed by atoms with E-state index in [1.54, 1.807) is 6.08 Å². The number of nitrogens with two attached hydrogens (primary N) is 1. The van der Waals surface area contributed by atoms with Gasteiger partial charge in [-0.15, -0.1) is 0 Å². The minimum Gasteiger partial charge on any atom is -0.445 e. The number of hydrogen-bond acceptors (Lipinski definition) is 5. The molecule has 0 fully saturated rings. The molecule has 0 aliphatic heterocycles. The molecular weight excluding hydrogens is 214 g/mol. The van der Waals surface area contributed by atoms with Gasteiger partial charge in [0.05, 0.1) is 4.92 Å². The third kappa shape index (κ3) is 3.74. The summed E-state index contributed by atoms with van der Waals surface area (Å²) in [6, 6.07) is 1.35. The summed E-state index contributed by atoms with van der Waals surface area (Å²) in [5.41, 5.74) is 5.18. The second-order valence-corrected chi connectivity index (χ2v) is 2.77. The molecule has 0 spiro atoms. The fourth-order valence-electron chi connectivity index (χ4n) is 0.950. The van der Waals surface area contributed by atoms with E-state index in [4.69, 9.17) is 5.73 Å². The summed E-state index contributed by atoms with van der Waals surface area (Å²) in [4.78, 5) is 23.8. The van der Waals surface area contributed by atoms with Crippen molar-refractivity contribution in [3.63, 3.8) is 0 Å². The summed E-state index contributed by atoms with van der Waals surface area (Å²) in [6.45, 7) is 0.0119. The zero-order chi connectivity index (χ0) is 12.0. The lowest BCUT2D eigenvalue weighted by Gasteiger charge is -1.95. The first kappa shape index (κ1) is 11.6. The number of hydrogen-bond donors (Lipinski definition) is 1. The maximum absolute atomic E-state index is 10.4. The number of pyridine rings is 1. The van der Waals surface area contributed by atoms with E-state index >= 15 is 0 Å². The van der Waals surface area contributed by atoms with Gasteiger partial charge in [-0.1, -0.05) is 6.08 Å². The number of ether oxygens (including phenoxy) is 1. The van der Waals surface area contributed by atoms with Gasteiger partial charge in [-0.05, 0) is 11.6 Å². The molecule has 0 saturated carbocycles. The van der Waals surface area contributed by atoms with E-state index in [1.165, 1.54) is 18.3 Å². The van der Waals surface area contributed by atoms with Crippen LogP contribution in [0.2, 0.25) is 0 Å². The Balaban J connectivity index is 2.63. The molecule has 1 aromatic heterocycles. The second-order valence-electron chi connectivity index (χ2n) is 2.77. The van der Waals surface area contributed by atoms with E-state index < -0.39 is 11.0 Å². The third-order valence-electron chi connectivity index (χ3n) is 1.59. The summed E-state index contributed by atoms with van der Waals surface area (Å²) in [7, 11) is 0. The van der Waals surface area contributed by atoms with Crippen LogP contribution in [0.4, 0.5) is 10.5 Å². The molecule has 16 heavy (non-hydrogen) atoms.